The summed E-state index contributed by atoms with van der Waals surface area (Å²) in [5, 5.41) is 2.69. The van der Waals surface area contributed by atoms with Crippen LogP contribution in [-0.2, 0) is 30.8 Å². The van der Waals surface area contributed by atoms with Crippen LogP contribution in [0.4, 0.5) is 0 Å². The van der Waals surface area contributed by atoms with E-state index in [4.69, 9.17) is 11.5 Å². The molecule has 13 heteroatoms. The topological polar surface area (TPSA) is 177 Å². The molecular weight excluding hydrogens is 508 g/mol. The van der Waals surface area contributed by atoms with Gasteiger partial charge in [-0.3, -0.25) is 14.6 Å². The van der Waals surface area contributed by atoms with Crippen LogP contribution in [0.15, 0.2) is 35.3 Å². The molecule has 1 aliphatic heterocycles. The molecule has 1 aliphatic rings. The SMILES string of the molecule is CCCS(=O)(=O)N[C@H](Cc1ccccc1)C(=O)N1CCC[C@H]1C(=O)N[C@H](C=O)CCCN=C(N)N.Cl. The van der Waals surface area contributed by atoms with Crippen LogP contribution in [0, 0.1) is 0 Å². The number of aliphatic imine (C=N–C) groups is 1. The van der Waals surface area contributed by atoms with Gasteiger partial charge in [-0.2, -0.15) is 0 Å². The van der Waals surface area contributed by atoms with Crippen LogP contribution in [0.1, 0.15) is 44.6 Å². The Morgan fingerprint density at radius 1 is 1.25 bits per heavy atom. The van der Waals surface area contributed by atoms with E-state index in [0.29, 0.717) is 51.5 Å². The smallest absolute Gasteiger partial charge is 0.243 e. The first-order valence-electron chi connectivity index (χ1n) is 11.8. The van der Waals surface area contributed by atoms with Crippen LogP contribution in [0.2, 0.25) is 0 Å². The molecule has 0 bridgehead atoms. The first-order valence-corrected chi connectivity index (χ1v) is 13.5. The van der Waals surface area contributed by atoms with Crippen molar-refractivity contribution in [3.63, 3.8) is 0 Å². The lowest BCUT2D eigenvalue weighted by molar-refractivity contribution is -0.140. The number of aldehydes is 1. The summed E-state index contributed by atoms with van der Waals surface area (Å²) in [6, 6.07) is 6.55. The van der Waals surface area contributed by atoms with E-state index in [0.717, 1.165) is 5.56 Å². The number of hydrogen-bond donors (Lipinski definition) is 4. The van der Waals surface area contributed by atoms with Gasteiger partial charge in [0.1, 0.15) is 18.4 Å². The van der Waals surface area contributed by atoms with E-state index in [-0.39, 0.29) is 30.5 Å². The van der Waals surface area contributed by atoms with E-state index in [1.807, 2.05) is 30.3 Å². The molecule has 202 valence electrons. The predicted molar refractivity (Wildman–Crippen MR) is 141 cm³/mol. The second-order valence-electron chi connectivity index (χ2n) is 8.57. The summed E-state index contributed by atoms with van der Waals surface area (Å²) in [7, 11) is -3.68. The highest BCUT2D eigenvalue weighted by Gasteiger charge is 2.38. The van der Waals surface area contributed by atoms with Crippen molar-refractivity contribution in [1.82, 2.24) is 14.9 Å². The van der Waals surface area contributed by atoms with Crippen molar-refractivity contribution in [3.05, 3.63) is 35.9 Å². The average Bonchev–Trinajstić information content (AvgIpc) is 3.30. The van der Waals surface area contributed by atoms with E-state index in [2.05, 4.69) is 15.0 Å². The normalized spacial score (nSPS) is 16.9. The maximum atomic E-state index is 13.5. The summed E-state index contributed by atoms with van der Waals surface area (Å²) in [4.78, 5) is 43.2. The molecule has 1 saturated heterocycles. The summed E-state index contributed by atoms with van der Waals surface area (Å²) in [6.07, 6.45) is 3.08. The standard InChI is InChI=1S/C23H36N6O5S.ClH/c1-2-14-35(33,34)28-19(15-17-8-4-3-5-9-17)22(32)29-13-7-11-20(29)21(31)27-18(16-30)10-6-12-26-23(24)25;/h3-5,8-9,16,18-20,28H,2,6-7,10-15H2,1H3,(H,27,31)(H4,24,25,26);1H/t18-,19+,20-;/m0./s1. The van der Waals surface area contributed by atoms with Crippen molar-refractivity contribution in [3.8, 4) is 0 Å². The molecule has 1 aromatic carbocycles. The number of nitrogens with one attached hydrogen (secondary N) is 2. The molecule has 1 heterocycles. The number of carbonyl (C=O) groups is 3. The third-order valence-corrected chi connectivity index (χ3v) is 7.26. The van der Waals surface area contributed by atoms with Gasteiger partial charge in [0.2, 0.25) is 21.8 Å². The molecule has 36 heavy (non-hydrogen) atoms. The van der Waals surface area contributed by atoms with E-state index in [1.54, 1.807) is 6.92 Å². The average molecular weight is 545 g/mol. The Balaban J connectivity index is 0.00000648. The number of nitrogens with two attached hydrogens (primary N) is 2. The van der Waals surface area contributed by atoms with Crippen molar-refractivity contribution >= 4 is 46.5 Å². The van der Waals surface area contributed by atoms with Crippen LogP contribution < -0.4 is 21.5 Å². The molecule has 2 amide bonds. The molecule has 1 aromatic rings. The fourth-order valence-corrected chi connectivity index (χ4v) is 5.32. The lowest BCUT2D eigenvalue weighted by Gasteiger charge is -2.29. The van der Waals surface area contributed by atoms with Gasteiger partial charge in [0, 0.05) is 13.1 Å². The Kier molecular flexibility index (Phi) is 13.4. The summed E-state index contributed by atoms with van der Waals surface area (Å²) < 4.78 is 27.5. The van der Waals surface area contributed by atoms with Crippen LogP contribution >= 0.6 is 12.4 Å². The number of halogens is 1. The fraction of sp³-hybridized carbons (Fsp3) is 0.565. The Bertz CT molecular complexity index is 988. The molecule has 2 rings (SSSR count). The second-order valence-corrected chi connectivity index (χ2v) is 10.4. The molecule has 0 aromatic heterocycles. The third-order valence-electron chi connectivity index (χ3n) is 5.67. The van der Waals surface area contributed by atoms with E-state index < -0.39 is 40.0 Å². The van der Waals surface area contributed by atoms with Gasteiger partial charge in [-0.05, 0) is 44.1 Å². The van der Waals surface area contributed by atoms with Gasteiger partial charge in [-0.25, -0.2) is 13.1 Å². The highest BCUT2D eigenvalue weighted by Crippen LogP contribution is 2.20. The number of carbonyl (C=O) groups excluding carboxylic acids is 3. The van der Waals surface area contributed by atoms with Gasteiger partial charge in [0.05, 0.1) is 11.8 Å². The highest BCUT2D eigenvalue weighted by atomic mass is 35.5. The number of rotatable bonds is 14. The van der Waals surface area contributed by atoms with Gasteiger partial charge in [0.25, 0.3) is 0 Å². The zero-order chi connectivity index (χ0) is 25.8. The van der Waals surface area contributed by atoms with Crippen molar-refractivity contribution in [2.45, 2.75) is 63.6 Å². The van der Waals surface area contributed by atoms with Crippen LogP contribution in [-0.4, -0.2) is 74.3 Å². The Labute approximate surface area is 218 Å². The van der Waals surface area contributed by atoms with Crippen LogP contribution in [0.3, 0.4) is 0 Å². The lowest BCUT2D eigenvalue weighted by Crippen LogP contribution is -2.55. The molecular formula is C23H37ClN6O5S. The quantitative estimate of drug-likeness (QED) is 0.111. The molecule has 6 N–H and O–H groups in total. The molecule has 1 fully saturated rings. The minimum atomic E-state index is -3.68. The van der Waals surface area contributed by atoms with Gasteiger partial charge in [-0.15, -0.1) is 12.4 Å². The summed E-state index contributed by atoms with van der Waals surface area (Å²) in [5.41, 5.74) is 11.4. The molecule has 3 atom stereocenters. The van der Waals surface area contributed by atoms with Gasteiger partial charge < -0.3 is 26.5 Å². The number of nitrogens with zero attached hydrogens (tertiary/aromatic N) is 2. The van der Waals surface area contributed by atoms with Crippen molar-refractivity contribution < 1.29 is 22.8 Å². The molecule has 0 spiro atoms. The van der Waals surface area contributed by atoms with Crippen molar-refractivity contribution in [2.75, 3.05) is 18.8 Å². The third kappa shape index (κ3) is 10.1. The van der Waals surface area contributed by atoms with E-state index in [9.17, 15) is 22.8 Å². The number of guanidine groups is 1. The first-order chi connectivity index (χ1) is 16.7. The number of sulfonamides is 1. The minimum absolute atomic E-state index is 0. The number of amides is 2. The molecule has 11 nitrogen and oxygen atoms in total. The predicted octanol–water partition coefficient (Wildman–Crippen LogP) is 0.0772. The maximum absolute atomic E-state index is 13.5. The van der Waals surface area contributed by atoms with Crippen LogP contribution in [0.25, 0.3) is 0 Å². The molecule has 0 unspecified atom stereocenters. The Hall–Kier alpha value is -2.70. The fourth-order valence-electron chi connectivity index (χ4n) is 4.05. The zero-order valence-electron chi connectivity index (χ0n) is 20.5. The first kappa shape index (κ1) is 31.3. The van der Waals surface area contributed by atoms with E-state index in [1.165, 1.54) is 4.90 Å². The summed E-state index contributed by atoms with van der Waals surface area (Å²) in [6.45, 7) is 2.40. The maximum Gasteiger partial charge on any atom is 0.243 e. The lowest BCUT2D eigenvalue weighted by atomic mass is 10.0. The van der Waals surface area contributed by atoms with Gasteiger partial charge in [-0.1, -0.05) is 37.3 Å². The minimum Gasteiger partial charge on any atom is -0.370 e. The zero-order valence-corrected chi connectivity index (χ0v) is 22.1. The second kappa shape index (κ2) is 15.4. The molecule has 0 saturated carbocycles. The van der Waals surface area contributed by atoms with Crippen molar-refractivity contribution in [2.24, 2.45) is 16.5 Å². The Morgan fingerprint density at radius 2 is 1.94 bits per heavy atom. The van der Waals surface area contributed by atoms with Gasteiger partial charge in [0.15, 0.2) is 5.96 Å². The highest BCUT2D eigenvalue weighted by molar-refractivity contribution is 7.89. The van der Waals surface area contributed by atoms with E-state index >= 15 is 0 Å². The number of likely N-dealkylation sites (tertiary alicyclic amines) is 1. The number of benzene rings is 1. The van der Waals surface area contributed by atoms with Gasteiger partial charge >= 0.3 is 0 Å². The summed E-state index contributed by atoms with van der Waals surface area (Å²) in [5.74, 6) is -1.04. The largest absolute Gasteiger partial charge is 0.370 e. The monoisotopic (exact) mass is 544 g/mol. The Morgan fingerprint density at radius 3 is 2.56 bits per heavy atom. The van der Waals surface area contributed by atoms with Crippen LogP contribution in [0.5, 0.6) is 0 Å². The van der Waals surface area contributed by atoms with Crippen molar-refractivity contribution in [1.29, 1.82) is 0 Å². The molecule has 0 radical (unpaired) electrons. The summed E-state index contributed by atoms with van der Waals surface area (Å²) >= 11 is 0. The number of hydrogen-bond acceptors (Lipinski definition) is 6. The molecule has 0 aliphatic carbocycles.